The largest absolute Gasteiger partial charge is 0.356 e. The molecule has 0 spiro atoms. The van der Waals surface area contributed by atoms with Crippen LogP contribution in [0.5, 0.6) is 0 Å². The van der Waals surface area contributed by atoms with Crippen LogP contribution in [0.2, 0.25) is 0 Å². The first-order valence-corrected chi connectivity index (χ1v) is 5.61. The quantitative estimate of drug-likeness (QED) is 0.610. The maximum atomic E-state index is 11.4. The number of hydrogen-bond acceptors (Lipinski definition) is 3. The van der Waals surface area contributed by atoms with E-state index in [1.807, 2.05) is 20.0 Å². The van der Waals surface area contributed by atoms with Crippen molar-refractivity contribution in [1.29, 1.82) is 0 Å². The number of carbonyl (C=O) groups is 1. The van der Waals surface area contributed by atoms with E-state index >= 15 is 0 Å². The van der Waals surface area contributed by atoms with Gasteiger partial charge >= 0.3 is 0 Å². The highest BCUT2D eigenvalue weighted by Gasteiger charge is 2.09. The summed E-state index contributed by atoms with van der Waals surface area (Å²) in [7, 11) is 0. The Morgan fingerprint density at radius 1 is 1.69 bits per heavy atom. The van der Waals surface area contributed by atoms with Gasteiger partial charge in [-0.2, -0.15) is 5.10 Å². The molecule has 0 radical (unpaired) electrons. The maximum absolute atomic E-state index is 11.4. The summed E-state index contributed by atoms with van der Waals surface area (Å²) in [5, 5.41) is 9.71. The second-order valence-corrected chi connectivity index (χ2v) is 4.05. The predicted molar refractivity (Wildman–Crippen MR) is 62.9 cm³/mol. The number of hydrogen-bond donors (Lipinski definition) is 3. The maximum Gasteiger partial charge on any atom is 0.224 e. The third-order valence-electron chi connectivity index (χ3n) is 2.66. The van der Waals surface area contributed by atoms with Gasteiger partial charge in [0.2, 0.25) is 5.91 Å². The van der Waals surface area contributed by atoms with Crippen LogP contribution in [0.4, 0.5) is 0 Å². The van der Waals surface area contributed by atoms with Gasteiger partial charge in [0.25, 0.3) is 0 Å². The smallest absolute Gasteiger partial charge is 0.224 e. The second-order valence-electron chi connectivity index (χ2n) is 4.05. The standard InChI is InChI=1S/C11H20N4O/c1-8(6-12)11(16)13-5-3-4-10-7-14-15-9(10)2/h7-8H,3-6,12H2,1-2H3,(H,13,16)(H,14,15). The number of amides is 1. The Bertz CT molecular complexity index is 334. The number of aryl methyl sites for hydroxylation is 2. The molecule has 1 rings (SSSR count). The van der Waals surface area contributed by atoms with E-state index in [0.29, 0.717) is 13.1 Å². The van der Waals surface area contributed by atoms with Crippen molar-refractivity contribution in [2.45, 2.75) is 26.7 Å². The van der Waals surface area contributed by atoms with Crippen molar-refractivity contribution in [1.82, 2.24) is 15.5 Å². The molecular formula is C11H20N4O. The molecule has 0 aliphatic rings. The van der Waals surface area contributed by atoms with Crippen LogP contribution in [-0.4, -0.2) is 29.2 Å². The van der Waals surface area contributed by atoms with Crippen LogP contribution in [0, 0.1) is 12.8 Å². The molecule has 0 aromatic carbocycles. The molecule has 1 aromatic heterocycles. The first-order valence-electron chi connectivity index (χ1n) is 5.61. The summed E-state index contributed by atoms with van der Waals surface area (Å²) < 4.78 is 0. The number of aromatic nitrogens is 2. The lowest BCUT2D eigenvalue weighted by Crippen LogP contribution is -2.33. The van der Waals surface area contributed by atoms with Crippen molar-refractivity contribution >= 4 is 5.91 Å². The fraction of sp³-hybridized carbons (Fsp3) is 0.636. The lowest BCUT2D eigenvalue weighted by Gasteiger charge is -2.09. The highest BCUT2D eigenvalue weighted by Crippen LogP contribution is 2.05. The third kappa shape index (κ3) is 3.66. The lowest BCUT2D eigenvalue weighted by molar-refractivity contribution is -0.124. The monoisotopic (exact) mass is 224 g/mol. The van der Waals surface area contributed by atoms with Crippen molar-refractivity contribution in [3.63, 3.8) is 0 Å². The Morgan fingerprint density at radius 2 is 2.44 bits per heavy atom. The summed E-state index contributed by atoms with van der Waals surface area (Å²) >= 11 is 0. The van der Waals surface area contributed by atoms with E-state index in [1.165, 1.54) is 5.56 Å². The van der Waals surface area contributed by atoms with Gasteiger partial charge in [-0.15, -0.1) is 0 Å². The minimum absolute atomic E-state index is 0.0337. The zero-order chi connectivity index (χ0) is 12.0. The SMILES string of the molecule is Cc1[nH]ncc1CCCNC(=O)C(C)CN. The molecule has 4 N–H and O–H groups in total. The minimum Gasteiger partial charge on any atom is -0.356 e. The molecule has 0 fully saturated rings. The first-order chi connectivity index (χ1) is 7.65. The number of nitrogens with two attached hydrogens (primary N) is 1. The van der Waals surface area contributed by atoms with Crippen molar-refractivity contribution < 1.29 is 4.79 Å². The summed E-state index contributed by atoms with van der Waals surface area (Å²) in [5.41, 5.74) is 7.71. The molecule has 5 nitrogen and oxygen atoms in total. The Morgan fingerprint density at radius 3 is 3.00 bits per heavy atom. The van der Waals surface area contributed by atoms with E-state index in [1.54, 1.807) is 0 Å². The minimum atomic E-state index is -0.101. The van der Waals surface area contributed by atoms with Crippen LogP contribution in [0.25, 0.3) is 0 Å². The molecule has 0 saturated heterocycles. The number of rotatable bonds is 6. The van der Waals surface area contributed by atoms with Crippen molar-refractivity contribution in [2.24, 2.45) is 11.7 Å². The van der Waals surface area contributed by atoms with Gasteiger partial charge in [-0.1, -0.05) is 6.92 Å². The van der Waals surface area contributed by atoms with E-state index < -0.39 is 0 Å². The van der Waals surface area contributed by atoms with Crippen molar-refractivity contribution in [3.8, 4) is 0 Å². The zero-order valence-electron chi connectivity index (χ0n) is 9.92. The highest BCUT2D eigenvalue weighted by atomic mass is 16.1. The van der Waals surface area contributed by atoms with Crippen LogP contribution in [-0.2, 0) is 11.2 Å². The van der Waals surface area contributed by atoms with E-state index in [2.05, 4.69) is 15.5 Å². The van der Waals surface area contributed by atoms with Crippen molar-refractivity contribution in [2.75, 3.05) is 13.1 Å². The molecular weight excluding hydrogens is 204 g/mol. The van der Waals surface area contributed by atoms with E-state index in [9.17, 15) is 4.79 Å². The van der Waals surface area contributed by atoms with Crippen LogP contribution >= 0.6 is 0 Å². The summed E-state index contributed by atoms with van der Waals surface area (Å²) in [5.74, 6) is -0.0675. The molecule has 5 heteroatoms. The normalized spacial score (nSPS) is 12.4. The topological polar surface area (TPSA) is 83.8 Å². The molecule has 0 saturated carbocycles. The lowest BCUT2D eigenvalue weighted by atomic mass is 10.1. The van der Waals surface area contributed by atoms with Crippen LogP contribution in [0.15, 0.2) is 6.20 Å². The van der Waals surface area contributed by atoms with Gasteiger partial charge in [0.1, 0.15) is 0 Å². The Kier molecular flexibility index (Phi) is 4.98. The molecule has 1 heterocycles. The second kappa shape index (κ2) is 6.27. The Labute approximate surface area is 95.8 Å². The van der Waals surface area contributed by atoms with Gasteiger partial charge in [0.15, 0.2) is 0 Å². The van der Waals surface area contributed by atoms with Gasteiger partial charge in [0.05, 0.1) is 6.20 Å². The van der Waals surface area contributed by atoms with E-state index in [0.717, 1.165) is 18.5 Å². The molecule has 1 unspecified atom stereocenters. The van der Waals surface area contributed by atoms with Gasteiger partial charge in [-0.05, 0) is 25.3 Å². The average molecular weight is 224 g/mol. The van der Waals surface area contributed by atoms with Crippen molar-refractivity contribution in [3.05, 3.63) is 17.5 Å². The van der Waals surface area contributed by atoms with Gasteiger partial charge in [-0.25, -0.2) is 0 Å². The number of aromatic amines is 1. The number of H-pyrrole nitrogens is 1. The molecule has 0 aliphatic carbocycles. The highest BCUT2D eigenvalue weighted by molar-refractivity contribution is 5.78. The summed E-state index contributed by atoms with van der Waals surface area (Å²) in [6.45, 7) is 4.91. The number of nitrogens with one attached hydrogen (secondary N) is 2. The summed E-state index contributed by atoms with van der Waals surface area (Å²) in [6, 6.07) is 0. The summed E-state index contributed by atoms with van der Waals surface area (Å²) in [6.07, 6.45) is 3.68. The van der Waals surface area contributed by atoms with Gasteiger partial charge in [-0.3, -0.25) is 9.89 Å². The van der Waals surface area contributed by atoms with Gasteiger partial charge in [0, 0.05) is 24.7 Å². The van der Waals surface area contributed by atoms with Crippen LogP contribution < -0.4 is 11.1 Å². The summed E-state index contributed by atoms with van der Waals surface area (Å²) in [4.78, 5) is 11.4. The Hall–Kier alpha value is -1.36. The fourth-order valence-corrected chi connectivity index (χ4v) is 1.40. The average Bonchev–Trinajstić information content (AvgIpc) is 2.69. The van der Waals surface area contributed by atoms with E-state index in [-0.39, 0.29) is 11.8 Å². The third-order valence-corrected chi connectivity index (χ3v) is 2.66. The van der Waals surface area contributed by atoms with Crippen LogP contribution in [0.3, 0.4) is 0 Å². The predicted octanol–water partition coefficient (Wildman–Crippen LogP) is 0.362. The number of carbonyl (C=O) groups excluding carboxylic acids is 1. The molecule has 0 bridgehead atoms. The first kappa shape index (κ1) is 12.7. The fourth-order valence-electron chi connectivity index (χ4n) is 1.40. The molecule has 16 heavy (non-hydrogen) atoms. The molecule has 1 atom stereocenters. The van der Waals surface area contributed by atoms with E-state index in [4.69, 9.17) is 5.73 Å². The van der Waals surface area contributed by atoms with Gasteiger partial charge < -0.3 is 11.1 Å². The Balaban J connectivity index is 2.17. The van der Waals surface area contributed by atoms with Crippen LogP contribution in [0.1, 0.15) is 24.6 Å². The molecule has 1 aromatic rings. The number of nitrogens with zero attached hydrogens (tertiary/aromatic N) is 1. The molecule has 1 amide bonds. The molecule has 0 aliphatic heterocycles. The zero-order valence-corrected chi connectivity index (χ0v) is 9.92. The molecule has 90 valence electrons.